The molecule has 4 rings (SSSR count). The molecule has 32 heavy (non-hydrogen) atoms. The van der Waals surface area contributed by atoms with Crippen molar-refractivity contribution in [3.63, 3.8) is 0 Å². The van der Waals surface area contributed by atoms with E-state index >= 15 is 0 Å². The first-order chi connectivity index (χ1) is 15.0. The first kappa shape index (κ1) is 23.3. The van der Waals surface area contributed by atoms with Crippen molar-refractivity contribution in [1.29, 1.82) is 0 Å². The molecule has 2 aromatic rings. The summed E-state index contributed by atoms with van der Waals surface area (Å²) < 4.78 is 0.872. The second-order valence-electron chi connectivity index (χ2n) is 9.25. The molecule has 0 spiro atoms. The summed E-state index contributed by atoms with van der Waals surface area (Å²) in [5.41, 5.74) is 0.262. The van der Waals surface area contributed by atoms with Crippen LogP contribution in [0.15, 0.2) is 52.1 Å². The molecule has 0 aliphatic heterocycles. The van der Waals surface area contributed by atoms with Crippen LogP contribution in [-0.2, 0) is 9.63 Å². The van der Waals surface area contributed by atoms with Gasteiger partial charge in [0.25, 0.3) is 0 Å². The van der Waals surface area contributed by atoms with E-state index in [9.17, 15) is 9.59 Å². The Balaban J connectivity index is 1.59. The van der Waals surface area contributed by atoms with Gasteiger partial charge in [0, 0.05) is 32.0 Å². The average Bonchev–Trinajstić information content (AvgIpc) is 3.02. The van der Waals surface area contributed by atoms with Crippen LogP contribution in [0, 0.1) is 16.2 Å². The molecule has 2 aromatic carbocycles. The standard InChI is InChI=1S/C24H23BrCl2N2O3/c1-22(2)23(3)8-9-24(22,21(31)28-18-11-16(26)10-17(27)12-18)13-19(23)29-32-20(30)14-4-6-15(25)7-5-14/h4-7,10-12H,8-9,13H2,1-3H3,(H,28,31). The predicted octanol–water partition coefficient (Wildman–Crippen LogP) is 7.12. The van der Waals surface area contributed by atoms with Gasteiger partial charge in [-0.3, -0.25) is 4.79 Å². The number of hydrogen-bond donors (Lipinski definition) is 1. The Morgan fingerprint density at radius 3 is 2.28 bits per heavy atom. The molecule has 1 amide bonds. The average molecular weight is 538 g/mol. The second-order valence-corrected chi connectivity index (χ2v) is 11.0. The number of benzene rings is 2. The van der Waals surface area contributed by atoms with Crippen LogP contribution in [-0.4, -0.2) is 17.6 Å². The number of amides is 1. The zero-order valence-corrected chi connectivity index (χ0v) is 21.1. The van der Waals surface area contributed by atoms with Gasteiger partial charge in [-0.05, 0) is 60.7 Å². The Morgan fingerprint density at radius 2 is 1.66 bits per heavy atom. The third-order valence-electron chi connectivity index (χ3n) is 7.61. The molecule has 2 atom stereocenters. The van der Waals surface area contributed by atoms with E-state index in [2.05, 4.69) is 47.2 Å². The number of carbonyl (C=O) groups is 2. The van der Waals surface area contributed by atoms with Gasteiger partial charge in [-0.25, -0.2) is 4.79 Å². The Hall–Kier alpha value is -1.89. The number of rotatable bonds is 4. The number of oxime groups is 1. The lowest BCUT2D eigenvalue weighted by molar-refractivity contribution is -0.130. The summed E-state index contributed by atoms with van der Waals surface area (Å²) in [7, 11) is 0. The third-order valence-corrected chi connectivity index (χ3v) is 8.57. The topological polar surface area (TPSA) is 67.8 Å². The highest BCUT2D eigenvalue weighted by atomic mass is 79.9. The number of anilines is 1. The molecule has 0 radical (unpaired) electrons. The molecular formula is C24H23BrCl2N2O3. The highest BCUT2D eigenvalue weighted by molar-refractivity contribution is 9.10. The highest BCUT2D eigenvalue weighted by Crippen LogP contribution is 2.71. The van der Waals surface area contributed by atoms with Gasteiger partial charge >= 0.3 is 5.97 Å². The van der Waals surface area contributed by atoms with Crippen LogP contribution in [0.2, 0.25) is 10.0 Å². The Bertz CT molecular complexity index is 1110. The van der Waals surface area contributed by atoms with E-state index in [0.29, 0.717) is 27.7 Å². The van der Waals surface area contributed by atoms with Crippen molar-refractivity contribution in [2.45, 2.75) is 40.0 Å². The van der Waals surface area contributed by atoms with E-state index in [0.717, 1.165) is 23.0 Å². The van der Waals surface area contributed by atoms with Crippen LogP contribution in [0.1, 0.15) is 50.4 Å². The van der Waals surface area contributed by atoms with Gasteiger partial charge in [-0.1, -0.05) is 65.1 Å². The summed E-state index contributed by atoms with van der Waals surface area (Å²) in [6.45, 7) is 6.27. The molecule has 8 heteroatoms. The summed E-state index contributed by atoms with van der Waals surface area (Å²) in [5, 5.41) is 8.17. The fourth-order valence-electron chi connectivity index (χ4n) is 5.13. The van der Waals surface area contributed by atoms with Gasteiger partial charge < -0.3 is 10.2 Å². The molecule has 168 valence electrons. The zero-order valence-electron chi connectivity index (χ0n) is 18.0. The molecular weight excluding hydrogens is 515 g/mol. The summed E-state index contributed by atoms with van der Waals surface area (Å²) in [4.78, 5) is 31.3. The van der Waals surface area contributed by atoms with Gasteiger partial charge in [0.2, 0.25) is 5.91 Å². The smallest absolute Gasteiger partial charge is 0.325 e. The van der Waals surface area contributed by atoms with Crippen molar-refractivity contribution >= 4 is 62.4 Å². The Labute approximate surface area is 205 Å². The first-order valence-electron chi connectivity index (χ1n) is 10.3. The minimum atomic E-state index is -0.681. The lowest BCUT2D eigenvalue weighted by Gasteiger charge is -2.39. The van der Waals surface area contributed by atoms with E-state index in [1.54, 1.807) is 42.5 Å². The van der Waals surface area contributed by atoms with E-state index in [1.165, 1.54) is 0 Å². The molecule has 2 fully saturated rings. The van der Waals surface area contributed by atoms with Crippen LogP contribution in [0.25, 0.3) is 0 Å². The number of nitrogens with one attached hydrogen (secondary N) is 1. The maximum atomic E-state index is 13.5. The molecule has 0 aromatic heterocycles. The molecule has 5 nitrogen and oxygen atoms in total. The van der Waals surface area contributed by atoms with Crippen molar-refractivity contribution in [3.8, 4) is 0 Å². The Morgan fingerprint density at radius 1 is 1.03 bits per heavy atom. The molecule has 1 N–H and O–H groups in total. The maximum Gasteiger partial charge on any atom is 0.365 e. The fraction of sp³-hybridized carbons (Fsp3) is 0.375. The second kappa shape index (κ2) is 8.15. The summed E-state index contributed by atoms with van der Waals surface area (Å²) in [6.07, 6.45) is 1.92. The molecule has 0 saturated heterocycles. The largest absolute Gasteiger partial charge is 0.365 e. The van der Waals surface area contributed by atoms with Crippen LogP contribution in [0.5, 0.6) is 0 Å². The van der Waals surface area contributed by atoms with Crippen molar-refractivity contribution in [2.75, 3.05) is 5.32 Å². The van der Waals surface area contributed by atoms with Crippen LogP contribution < -0.4 is 5.32 Å². The van der Waals surface area contributed by atoms with Crippen LogP contribution in [0.3, 0.4) is 0 Å². The van der Waals surface area contributed by atoms with E-state index in [1.807, 2.05) is 0 Å². The number of hydrogen-bond acceptors (Lipinski definition) is 4. The van der Waals surface area contributed by atoms with Gasteiger partial charge in [-0.15, -0.1) is 0 Å². The van der Waals surface area contributed by atoms with Crippen molar-refractivity contribution in [1.82, 2.24) is 0 Å². The number of nitrogens with zero attached hydrogens (tertiary/aromatic N) is 1. The zero-order chi connectivity index (χ0) is 23.3. The maximum absolute atomic E-state index is 13.5. The number of halogens is 3. The van der Waals surface area contributed by atoms with Crippen molar-refractivity contribution < 1.29 is 14.4 Å². The van der Waals surface area contributed by atoms with Crippen molar-refractivity contribution in [3.05, 3.63) is 62.5 Å². The molecule has 2 bridgehead atoms. The SMILES string of the molecule is CC12CCC(C(=O)Nc3cc(Cl)cc(Cl)c3)(CC1=NOC(=O)c1ccc(Br)cc1)C2(C)C. The molecule has 0 heterocycles. The van der Waals surface area contributed by atoms with Crippen LogP contribution in [0.4, 0.5) is 5.69 Å². The van der Waals surface area contributed by atoms with E-state index < -0.39 is 16.8 Å². The summed E-state index contributed by atoms with van der Waals surface area (Å²) in [5.74, 6) is -0.629. The lowest BCUT2D eigenvalue weighted by atomic mass is 9.64. The monoisotopic (exact) mass is 536 g/mol. The fourth-order valence-corrected chi connectivity index (χ4v) is 5.92. The molecule has 2 saturated carbocycles. The number of fused-ring (bicyclic) bond motifs is 2. The van der Waals surface area contributed by atoms with Crippen molar-refractivity contribution in [2.24, 2.45) is 21.4 Å². The minimum Gasteiger partial charge on any atom is -0.325 e. The van der Waals surface area contributed by atoms with Gasteiger partial charge in [0.05, 0.1) is 16.7 Å². The number of carbonyl (C=O) groups excluding carboxylic acids is 2. The van der Waals surface area contributed by atoms with Gasteiger partial charge in [-0.2, -0.15) is 0 Å². The van der Waals surface area contributed by atoms with E-state index in [-0.39, 0.29) is 11.3 Å². The van der Waals surface area contributed by atoms with E-state index in [4.69, 9.17) is 28.0 Å². The Kier molecular flexibility index (Phi) is 5.93. The molecule has 2 aliphatic carbocycles. The third kappa shape index (κ3) is 3.66. The molecule has 2 unspecified atom stereocenters. The van der Waals surface area contributed by atoms with Gasteiger partial charge in [0.15, 0.2) is 0 Å². The predicted molar refractivity (Wildman–Crippen MR) is 130 cm³/mol. The minimum absolute atomic E-state index is 0.103. The highest BCUT2D eigenvalue weighted by Gasteiger charge is 2.71. The van der Waals surface area contributed by atoms with Crippen LogP contribution >= 0.6 is 39.1 Å². The first-order valence-corrected chi connectivity index (χ1v) is 11.9. The van der Waals surface area contributed by atoms with Gasteiger partial charge in [0.1, 0.15) is 0 Å². The summed E-state index contributed by atoms with van der Waals surface area (Å²) in [6, 6.07) is 11.8. The lowest BCUT2D eigenvalue weighted by Crippen LogP contribution is -2.43. The summed E-state index contributed by atoms with van der Waals surface area (Å²) >= 11 is 15.5. The quantitative estimate of drug-likeness (QED) is 0.333. The normalized spacial score (nSPS) is 26.9. The molecule has 2 aliphatic rings.